The van der Waals surface area contributed by atoms with Gasteiger partial charge >= 0.3 is 0 Å². The number of hydrogen-bond donors (Lipinski definition) is 0. The standard InChI is InChI=1S/C22H31N/c1-21(2,3)20(17-11-9-8-10-12-17)18-13-15-19(16-14-18)23(7)22(4,5)6/h8-16,20H,1-7H3. The van der Waals surface area contributed by atoms with E-state index in [2.05, 4.69) is 108 Å². The highest BCUT2D eigenvalue weighted by Crippen LogP contribution is 2.41. The predicted octanol–water partition coefficient (Wildman–Crippen LogP) is 6.10. The highest BCUT2D eigenvalue weighted by atomic mass is 15.2. The first-order chi connectivity index (χ1) is 10.6. The maximum Gasteiger partial charge on any atom is 0.0368 e. The summed E-state index contributed by atoms with van der Waals surface area (Å²) in [5.74, 6) is 0.401. The molecule has 0 aliphatic carbocycles. The molecule has 0 heterocycles. The normalized spacial score (nSPS) is 13.7. The van der Waals surface area contributed by atoms with Gasteiger partial charge in [-0.3, -0.25) is 0 Å². The van der Waals surface area contributed by atoms with Gasteiger partial charge in [-0.2, -0.15) is 0 Å². The van der Waals surface area contributed by atoms with Crippen molar-refractivity contribution < 1.29 is 0 Å². The van der Waals surface area contributed by atoms with Crippen LogP contribution in [0.25, 0.3) is 0 Å². The minimum Gasteiger partial charge on any atom is -0.370 e. The number of benzene rings is 2. The zero-order valence-electron chi connectivity index (χ0n) is 15.7. The molecule has 124 valence electrons. The third-order valence-electron chi connectivity index (χ3n) is 4.62. The van der Waals surface area contributed by atoms with Crippen molar-refractivity contribution in [3.63, 3.8) is 0 Å². The lowest BCUT2D eigenvalue weighted by atomic mass is 9.72. The molecule has 2 rings (SSSR count). The lowest BCUT2D eigenvalue weighted by Gasteiger charge is -2.35. The van der Waals surface area contributed by atoms with E-state index in [-0.39, 0.29) is 11.0 Å². The Morgan fingerprint density at radius 3 is 1.61 bits per heavy atom. The molecule has 1 unspecified atom stereocenters. The summed E-state index contributed by atoms with van der Waals surface area (Å²) in [5, 5.41) is 0. The summed E-state index contributed by atoms with van der Waals surface area (Å²) < 4.78 is 0. The van der Waals surface area contributed by atoms with E-state index in [4.69, 9.17) is 0 Å². The Kier molecular flexibility index (Phi) is 4.89. The van der Waals surface area contributed by atoms with Crippen LogP contribution < -0.4 is 4.90 Å². The average molecular weight is 309 g/mol. The molecule has 23 heavy (non-hydrogen) atoms. The summed E-state index contributed by atoms with van der Waals surface area (Å²) in [5.41, 5.74) is 4.34. The SMILES string of the molecule is CN(c1ccc(C(c2ccccc2)C(C)(C)C)cc1)C(C)(C)C. The van der Waals surface area contributed by atoms with Gasteiger partial charge in [0.1, 0.15) is 0 Å². The third-order valence-corrected chi connectivity index (χ3v) is 4.62. The quantitative estimate of drug-likeness (QED) is 0.662. The zero-order valence-corrected chi connectivity index (χ0v) is 15.7. The van der Waals surface area contributed by atoms with E-state index in [1.54, 1.807) is 0 Å². The molecule has 0 aliphatic heterocycles. The molecule has 0 radical (unpaired) electrons. The maximum atomic E-state index is 2.32. The van der Waals surface area contributed by atoms with Crippen LogP contribution in [0.5, 0.6) is 0 Å². The molecule has 0 saturated heterocycles. The molecule has 0 aromatic heterocycles. The summed E-state index contributed by atoms with van der Waals surface area (Å²) in [4.78, 5) is 2.32. The second-order valence-electron chi connectivity index (χ2n) is 8.53. The summed E-state index contributed by atoms with van der Waals surface area (Å²) in [6, 6.07) is 19.9. The first kappa shape index (κ1) is 17.6. The molecule has 0 N–H and O–H groups in total. The molecule has 2 aromatic carbocycles. The molecule has 0 spiro atoms. The van der Waals surface area contributed by atoms with Crippen molar-refractivity contribution in [2.45, 2.75) is 53.0 Å². The van der Waals surface area contributed by atoms with Gasteiger partial charge in [0.05, 0.1) is 0 Å². The summed E-state index contributed by atoms with van der Waals surface area (Å²) in [6.45, 7) is 13.7. The van der Waals surface area contributed by atoms with E-state index < -0.39 is 0 Å². The lowest BCUT2D eigenvalue weighted by molar-refractivity contribution is 0.358. The minimum absolute atomic E-state index is 0.129. The third kappa shape index (κ3) is 4.16. The molecular formula is C22H31N. The van der Waals surface area contributed by atoms with Gasteiger partial charge in [-0.15, -0.1) is 0 Å². The summed E-state index contributed by atoms with van der Waals surface area (Å²) in [7, 11) is 2.16. The fraction of sp³-hybridized carbons (Fsp3) is 0.455. The van der Waals surface area contributed by atoms with Gasteiger partial charge in [0.2, 0.25) is 0 Å². The van der Waals surface area contributed by atoms with Gasteiger partial charge in [0, 0.05) is 24.2 Å². The summed E-state index contributed by atoms with van der Waals surface area (Å²) in [6.07, 6.45) is 0. The number of rotatable bonds is 3. The molecule has 0 bridgehead atoms. The molecule has 0 fully saturated rings. The fourth-order valence-corrected chi connectivity index (χ4v) is 3.12. The second-order valence-corrected chi connectivity index (χ2v) is 8.53. The fourth-order valence-electron chi connectivity index (χ4n) is 3.12. The van der Waals surface area contributed by atoms with Crippen molar-refractivity contribution >= 4 is 5.69 Å². The van der Waals surface area contributed by atoms with Crippen LogP contribution in [0, 0.1) is 5.41 Å². The molecule has 0 saturated carbocycles. The highest BCUT2D eigenvalue weighted by molar-refractivity contribution is 5.50. The lowest BCUT2D eigenvalue weighted by Crippen LogP contribution is -2.38. The van der Waals surface area contributed by atoms with E-state index in [1.807, 2.05) is 0 Å². The first-order valence-electron chi connectivity index (χ1n) is 8.49. The molecule has 0 amide bonds. The second kappa shape index (κ2) is 6.39. The minimum atomic E-state index is 0.129. The Hall–Kier alpha value is -1.76. The van der Waals surface area contributed by atoms with Gasteiger partial charge in [-0.05, 0) is 49.4 Å². The first-order valence-corrected chi connectivity index (χ1v) is 8.49. The van der Waals surface area contributed by atoms with Crippen molar-refractivity contribution in [2.24, 2.45) is 5.41 Å². The Bertz CT molecular complexity index is 612. The van der Waals surface area contributed by atoms with Crippen LogP contribution in [0.3, 0.4) is 0 Å². The largest absolute Gasteiger partial charge is 0.370 e. The predicted molar refractivity (Wildman–Crippen MR) is 102 cm³/mol. The van der Waals surface area contributed by atoms with E-state index in [0.29, 0.717) is 5.92 Å². The zero-order chi connectivity index (χ0) is 17.3. The van der Waals surface area contributed by atoms with Crippen LogP contribution >= 0.6 is 0 Å². The van der Waals surface area contributed by atoms with Crippen LogP contribution in [-0.4, -0.2) is 12.6 Å². The van der Waals surface area contributed by atoms with Crippen LogP contribution in [0.2, 0.25) is 0 Å². The van der Waals surface area contributed by atoms with Crippen LogP contribution in [0.1, 0.15) is 58.6 Å². The molecule has 1 atom stereocenters. The molecular weight excluding hydrogens is 278 g/mol. The maximum absolute atomic E-state index is 2.32. The van der Waals surface area contributed by atoms with Gasteiger partial charge < -0.3 is 4.90 Å². The monoisotopic (exact) mass is 309 g/mol. The van der Waals surface area contributed by atoms with E-state index in [0.717, 1.165) is 0 Å². The van der Waals surface area contributed by atoms with E-state index in [1.165, 1.54) is 16.8 Å². The van der Waals surface area contributed by atoms with Gasteiger partial charge in [-0.1, -0.05) is 63.2 Å². The topological polar surface area (TPSA) is 3.24 Å². The van der Waals surface area contributed by atoms with Crippen LogP contribution in [-0.2, 0) is 0 Å². The Labute approximate surface area is 142 Å². The van der Waals surface area contributed by atoms with Crippen molar-refractivity contribution in [3.05, 3.63) is 65.7 Å². The molecule has 1 nitrogen and oxygen atoms in total. The van der Waals surface area contributed by atoms with Crippen molar-refractivity contribution in [2.75, 3.05) is 11.9 Å². The van der Waals surface area contributed by atoms with Gasteiger partial charge in [-0.25, -0.2) is 0 Å². The molecule has 0 aliphatic rings. The Morgan fingerprint density at radius 2 is 1.17 bits per heavy atom. The van der Waals surface area contributed by atoms with Crippen molar-refractivity contribution in [3.8, 4) is 0 Å². The van der Waals surface area contributed by atoms with E-state index >= 15 is 0 Å². The molecule has 1 heteroatoms. The van der Waals surface area contributed by atoms with Crippen LogP contribution in [0.15, 0.2) is 54.6 Å². The van der Waals surface area contributed by atoms with E-state index in [9.17, 15) is 0 Å². The number of nitrogens with zero attached hydrogens (tertiary/aromatic N) is 1. The van der Waals surface area contributed by atoms with Crippen molar-refractivity contribution in [1.82, 2.24) is 0 Å². The Morgan fingerprint density at radius 1 is 0.696 bits per heavy atom. The smallest absolute Gasteiger partial charge is 0.0368 e. The average Bonchev–Trinajstić information content (AvgIpc) is 2.46. The Balaban J connectivity index is 2.38. The van der Waals surface area contributed by atoms with Crippen molar-refractivity contribution in [1.29, 1.82) is 0 Å². The number of anilines is 1. The number of hydrogen-bond acceptors (Lipinski definition) is 1. The molecule has 2 aromatic rings. The van der Waals surface area contributed by atoms with Crippen LogP contribution in [0.4, 0.5) is 5.69 Å². The summed E-state index contributed by atoms with van der Waals surface area (Å²) >= 11 is 0. The highest BCUT2D eigenvalue weighted by Gasteiger charge is 2.28. The van der Waals surface area contributed by atoms with Gasteiger partial charge in [0.15, 0.2) is 0 Å². The van der Waals surface area contributed by atoms with Gasteiger partial charge in [0.25, 0.3) is 0 Å².